The van der Waals surface area contributed by atoms with Crippen LogP contribution in [0, 0.1) is 17.2 Å². The molecular weight excluding hydrogens is 308 g/mol. The number of fused-ring (bicyclic) bond motifs is 1. The maximum Gasteiger partial charge on any atom is 0.231 e. The fraction of sp³-hybridized carbons (Fsp3) is 0.333. The fourth-order valence-corrected chi connectivity index (χ4v) is 3.52. The first kappa shape index (κ1) is 14.6. The number of carbonyl (C=O) groups is 1. The lowest BCUT2D eigenvalue weighted by Crippen LogP contribution is -2.29. The number of ether oxygens (including phenoxy) is 3. The Bertz CT molecular complexity index is 847. The van der Waals surface area contributed by atoms with Crippen molar-refractivity contribution in [1.82, 2.24) is 0 Å². The van der Waals surface area contributed by atoms with Gasteiger partial charge in [0.05, 0.1) is 5.92 Å². The van der Waals surface area contributed by atoms with Gasteiger partial charge in [-0.3, -0.25) is 4.79 Å². The maximum absolute atomic E-state index is 12.7. The number of ketones is 1. The number of Topliss-reactive ketones (excluding diaryl/α,β-unsaturated/α-hetero) is 1. The van der Waals surface area contributed by atoms with E-state index in [0.717, 1.165) is 5.56 Å². The quantitative estimate of drug-likeness (QED) is 0.853. The van der Waals surface area contributed by atoms with Crippen molar-refractivity contribution in [3.8, 4) is 17.6 Å². The summed E-state index contributed by atoms with van der Waals surface area (Å²) in [4.78, 5) is 12.7. The first-order valence-electron chi connectivity index (χ1n) is 7.82. The van der Waals surface area contributed by atoms with Gasteiger partial charge in [-0.2, -0.15) is 5.26 Å². The Balaban J connectivity index is 1.87. The monoisotopic (exact) mass is 324 g/mol. The third kappa shape index (κ3) is 2.13. The highest BCUT2D eigenvalue weighted by Gasteiger charge is 2.40. The molecule has 0 aromatic heterocycles. The van der Waals surface area contributed by atoms with Crippen LogP contribution in [-0.4, -0.2) is 12.6 Å². The molecule has 0 spiro atoms. The Morgan fingerprint density at radius 1 is 1.25 bits per heavy atom. The van der Waals surface area contributed by atoms with Crippen molar-refractivity contribution in [1.29, 1.82) is 5.26 Å². The first-order chi connectivity index (χ1) is 11.6. The van der Waals surface area contributed by atoms with Gasteiger partial charge in [-0.1, -0.05) is 13.0 Å². The van der Waals surface area contributed by atoms with E-state index in [9.17, 15) is 10.1 Å². The van der Waals surface area contributed by atoms with E-state index in [1.807, 2.05) is 13.0 Å². The third-order valence-electron chi connectivity index (χ3n) is 4.59. The van der Waals surface area contributed by atoms with Crippen LogP contribution in [0.2, 0.25) is 0 Å². The Labute approximate surface area is 139 Å². The van der Waals surface area contributed by atoms with Crippen LogP contribution in [0.1, 0.15) is 31.2 Å². The zero-order chi connectivity index (χ0) is 16.8. The fourth-order valence-electron chi connectivity index (χ4n) is 3.52. The molecule has 1 aromatic carbocycles. The van der Waals surface area contributed by atoms with E-state index < -0.39 is 5.92 Å². The number of benzene rings is 1. The van der Waals surface area contributed by atoms with Crippen molar-refractivity contribution in [2.24, 2.45) is 11.7 Å². The van der Waals surface area contributed by atoms with E-state index in [1.54, 1.807) is 12.1 Å². The van der Waals surface area contributed by atoms with E-state index in [-0.39, 0.29) is 30.0 Å². The lowest BCUT2D eigenvalue weighted by molar-refractivity contribution is -0.117. The molecule has 2 heterocycles. The smallest absolute Gasteiger partial charge is 0.231 e. The minimum Gasteiger partial charge on any atom is -0.454 e. The zero-order valence-corrected chi connectivity index (χ0v) is 13.2. The van der Waals surface area contributed by atoms with Crippen LogP contribution in [0.15, 0.2) is 41.0 Å². The summed E-state index contributed by atoms with van der Waals surface area (Å²) in [5.41, 5.74) is 7.54. The molecule has 0 fully saturated rings. The van der Waals surface area contributed by atoms with Crippen molar-refractivity contribution in [2.75, 3.05) is 6.79 Å². The number of hydrogen-bond donors (Lipinski definition) is 1. The Morgan fingerprint density at radius 2 is 2.04 bits per heavy atom. The first-order valence-corrected chi connectivity index (χ1v) is 7.82. The van der Waals surface area contributed by atoms with Crippen molar-refractivity contribution in [2.45, 2.75) is 25.7 Å². The van der Waals surface area contributed by atoms with Crippen LogP contribution >= 0.6 is 0 Å². The molecule has 2 unspecified atom stereocenters. The van der Waals surface area contributed by atoms with E-state index in [4.69, 9.17) is 19.9 Å². The predicted molar refractivity (Wildman–Crippen MR) is 83.6 cm³/mol. The number of allylic oxidation sites excluding steroid dienone is 3. The van der Waals surface area contributed by atoms with Crippen molar-refractivity contribution in [3.05, 3.63) is 46.6 Å². The normalized spacial score (nSPS) is 25.2. The molecule has 4 rings (SSSR count). The van der Waals surface area contributed by atoms with E-state index in [0.29, 0.717) is 35.7 Å². The van der Waals surface area contributed by atoms with Gasteiger partial charge in [0.2, 0.25) is 12.7 Å². The Morgan fingerprint density at radius 3 is 2.83 bits per heavy atom. The van der Waals surface area contributed by atoms with E-state index in [2.05, 4.69) is 6.07 Å². The summed E-state index contributed by atoms with van der Waals surface area (Å²) >= 11 is 0. The van der Waals surface area contributed by atoms with Gasteiger partial charge in [-0.15, -0.1) is 0 Å². The molecule has 6 heteroatoms. The molecule has 2 aliphatic heterocycles. The number of rotatable bonds is 1. The minimum absolute atomic E-state index is 0.00617. The average Bonchev–Trinajstić information content (AvgIpc) is 3.00. The highest BCUT2D eigenvalue weighted by atomic mass is 16.7. The molecule has 0 saturated heterocycles. The lowest BCUT2D eigenvalue weighted by Gasteiger charge is -2.33. The summed E-state index contributed by atoms with van der Waals surface area (Å²) in [6.45, 7) is 2.17. The molecule has 1 aromatic rings. The SMILES string of the molecule is CC1CC(=O)C2=C(C1)OC(N)=C(C#N)C2c1ccc2c(c1)OCO2. The van der Waals surface area contributed by atoms with Crippen molar-refractivity contribution < 1.29 is 19.0 Å². The molecule has 3 aliphatic rings. The molecule has 0 bridgehead atoms. The summed E-state index contributed by atoms with van der Waals surface area (Å²) < 4.78 is 16.4. The summed E-state index contributed by atoms with van der Waals surface area (Å²) in [6, 6.07) is 7.53. The van der Waals surface area contributed by atoms with E-state index in [1.165, 1.54) is 0 Å². The standard InChI is InChI=1S/C18H16N2O4/c1-9-4-12(21)17-15(5-9)24-18(20)11(7-19)16(17)10-2-3-13-14(6-10)23-8-22-13/h2-3,6,9,16H,4-5,8,20H2,1H3. The molecule has 24 heavy (non-hydrogen) atoms. The lowest BCUT2D eigenvalue weighted by atomic mass is 9.75. The van der Waals surface area contributed by atoms with Gasteiger partial charge in [0.1, 0.15) is 17.4 Å². The van der Waals surface area contributed by atoms with Gasteiger partial charge in [0.15, 0.2) is 17.3 Å². The molecule has 122 valence electrons. The molecular formula is C18H16N2O4. The maximum atomic E-state index is 12.7. The van der Waals surface area contributed by atoms with Gasteiger partial charge < -0.3 is 19.9 Å². The molecule has 6 nitrogen and oxygen atoms in total. The second-order valence-corrected chi connectivity index (χ2v) is 6.31. The van der Waals surface area contributed by atoms with Crippen molar-refractivity contribution >= 4 is 5.78 Å². The van der Waals surface area contributed by atoms with Gasteiger partial charge in [0.25, 0.3) is 0 Å². The van der Waals surface area contributed by atoms with Crippen molar-refractivity contribution in [3.63, 3.8) is 0 Å². The highest BCUT2D eigenvalue weighted by molar-refractivity contribution is 5.99. The van der Waals surface area contributed by atoms with Gasteiger partial charge in [-0.25, -0.2) is 0 Å². The summed E-state index contributed by atoms with van der Waals surface area (Å²) in [5, 5.41) is 9.56. The Hall–Kier alpha value is -2.94. The predicted octanol–water partition coefficient (Wildman–Crippen LogP) is 2.48. The van der Waals surface area contributed by atoms with Crippen LogP contribution in [0.5, 0.6) is 11.5 Å². The highest BCUT2D eigenvalue weighted by Crippen LogP contribution is 2.46. The van der Waals surface area contributed by atoms with Gasteiger partial charge in [0, 0.05) is 18.4 Å². The third-order valence-corrected chi connectivity index (χ3v) is 4.59. The molecule has 0 radical (unpaired) electrons. The topological polar surface area (TPSA) is 94.6 Å². The van der Waals surface area contributed by atoms with Gasteiger partial charge >= 0.3 is 0 Å². The number of hydrogen-bond acceptors (Lipinski definition) is 6. The Kier molecular flexibility index (Phi) is 3.24. The van der Waals surface area contributed by atoms with E-state index >= 15 is 0 Å². The number of nitriles is 1. The van der Waals surface area contributed by atoms with Gasteiger partial charge in [-0.05, 0) is 23.6 Å². The summed E-state index contributed by atoms with van der Waals surface area (Å²) in [7, 11) is 0. The second kappa shape index (κ2) is 5.31. The van der Waals surface area contributed by atoms with Crippen LogP contribution in [0.3, 0.4) is 0 Å². The van der Waals surface area contributed by atoms with Crippen LogP contribution in [0.25, 0.3) is 0 Å². The minimum atomic E-state index is -0.520. The summed E-state index contributed by atoms with van der Waals surface area (Å²) in [5.74, 6) is 1.59. The average molecular weight is 324 g/mol. The molecule has 2 atom stereocenters. The molecule has 0 saturated carbocycles. The summed E-state index contributed by atoms with van der Waals surface area (Å²) in [6.07, 6.45) is 1.09. The van der Waals surface area contributed by atoms with Crippen LogP contribution < -0.4 is 15.2 Å². The molecule has 2 N–H and O–H groups in total. The number of carbonyl (C=O) groups excluding carboxylic acids is 1. The number of nitrogens with two attached hydrogens (primary N) is 1. The zero-order valence-electron chi connectivity index (χ0n) is 13.2. The van der Waals surface area contributed by atoms with Crippen LogP contribution in [-0.2, 0) is 9.53 Å². The van der Waals surface area contributed by atoms with Crippen LogP contribution in [0.4, 0.5) is 0 Å². The molecule has 1 aliphatic carbocycles. The second-order valence-electron chi connectivity index (χ2n) is 6.31. The largest absolute Gasteiger partial charge is 0.454 e. The molecule has 0 amide bonds. The number of nitrogens with zero attached hydrogens (tertiary/aromatic N) is 1.